The molecule has 4 rings (SSSR count). The summed E-state index contributed by atoms with van der Waals surface area (Å²) >= 11 is 0. The minimum atomic E-state index is -0.221. The summed E-state index contributed by atoms with van der Waals surface area (Å²) in [4.78, 5) is 26.3. The Morgan fingerprint density at radius 1 is 0.708 bits per heavy atom. The van der Waals surface area contributed by atoms with Gasteiger partial charge in [-0.3, -0.25) is 9.59 Å². The molecule has 3 aromatic carbocycles. The summed E-state index contributed by atoms with van der Waals surface area (Å²) in [5, 5.41) is 1.59. The Labute approximate surface area is 138 Å². The minimum Gasteiger partial charge on any atom is -0.496 e. The highest BCUT2D eigenvalue weighted by Gasteiger charge is 2.36. The van der Waals surface area contributed by atoms with Gasteiger partial charge >= 0.3 is 0 Å². The molecule has 0 amide bonds. The number of hydrogen-bond acceptors (Lipinski definition) is 4. The molecule has 1 aliphatic carbocycles. The summed E-state index contributed by atoms with van der Waals surface area (Å²) < 4.78 is 10.7. The molecule has 0 spiro atoms. The number of benzene rings is 3. The van der Waals surface area contributed by atoms with Crippen molar-refractivity contribution in [1.29, 1.82) is 0 Å². The maximum absolute atomic E-state index is 13.2. The number of rotatable bonds is 2. The molecule has 0 saturated heterocycles. The van der Waals surface area contributed by atoms with E-state index in [1.807, 2.05) is 24.3 Å². The first kappa shape index (κ1) is 14.5. The van der Waals surface area contributed by atoms with Gasteiger partial charge in [0.05, 0.1) is 25.3 Å². The van der Waals surface area contributed by atoms with E-state index in [2.05, 4.69) is 0 Å². The smallest absolute Gasteiger partial charge is 0.199 e. The molecule has 0 aromatic heterocycles. The van der Waals surface area contributed by atoms with Crippen LogP contribution in [0.25, 0.3) is 10.8 Å². The molecule has 0 N–H and O–H groups in total. The molecule has 1 aliphatic rings. The quantitative estimate of drug-likeness (QED) is 0.566. The van der Waals surface area contributed by atoms with Crippen molar-refractivity contribution in [3.63, 3.8) is 0 Å². The molecular weight excluding hydrogens is 304 g/mol. The number of carbonyl (C=O) groups is 2. The lowest BCUT2D eigenvalue weighted by Gasteiger charge is -2.22. The highest BCUT2D eigenvalue weighted by molar-refractivity contribution is 6.33. The predicted octanol–water partition coefficient (Wildman–Crippen LogP) is 3.63. The molecule has 4 nitrogen and oxygen atoms in total. The normalized spacial score (nSPS) is 12.8. The predicted molar refractivity (Wildman–Crippen MR) is 90.4 cm³/mol. The molecule has 0 unspecified atom stereocenters. The molecule has 0 fully saturated rings. The fraction of sp³-hybridized carbons (Fsp3) is 0.100. The van der Waals surface area contributed by atoms with Gasteiger partial charge in [0.2, 0.25) is 0 Å². The van der Waals surface area contributed by atoms with E-state index in [-0.39, 0.29) is 11.6 Å². The van der Waals surface area contributed by atoms with Crippen LogP contribution >= 0.6 is 0 Å². The Bertz CT molecular complexity index is 1020. The first-order chi connectivity index (χ1) is 11.7. The standard InChI is InChI=1S/C20H14O4/c1-23-14-9-5-8-13-16(14)20(22)17-12-7-4-3-6-11(12)10-15(24-2)18(17)19(13)21/h3-10H,1-2H3. The summed E-state index contributed by atoms with van der Waals surface area (Å²) in [7, 11) is 3.00. The zero-order chi connectivity index (χ0) is 16.8. The van der Waals surface area contributed by atoms with Gasteiger partial charge in [-0.2, -0.15) is 0 Å². The molecule has 4 heteroatoms. The zero-order valence-corrected chi connectivity index (χ0v) is 13.3. The van der Waals surface area contributed by atoms with Crippen molar-refractivity contribution in [2.24, 2.45) is 0 Å². The number of ketones is 2. The average Bonchev–Trinajstić information content (AvgIpc) is 2.63. The monoisotopic (exact) mass is 318 g/mol. The molecule has 24 heavy (non-hydrogen) atoms. The fourth-order valence-corrected chi connectivity index (χ4v) is 3.33. The first-order valence-electron chi connectivity index (χ1n) is 7.53. The van der Waals surface area contributed by atoms with Crippen LogP contribution in [0.2, 0.25) is 0 Å². The van der Waals surface area contributed by atoms with Crippen molar-refractivity contribution in [2.45, 2.75) is 0 Å². The van der Waals surface area contributed by atoms with Gasteiger partial charge in [-0.05, 0) is 22.9 Å². The number of hydrogen-bond donors (Lipinski definition) is 0. The highest BCUT2D eigenvalue weighted by Crippen LogP contribution is 2.40. The Balaban J connectivity index is 2.16. The Hall–Kier alpha value is -3.14. The fourth-order valence-electron chi connectivity index (χ4n) is 3.33. The van der Waals surface area contributed by atoms with Crippen molar-refractivity contribution in [2.75, 3.05) is 14.2 Å². The van der Waals surface area contributed by atoms with E-state index < -0.39 is 0 Å². The zero-order valence-electron chi connectivity index (χ0n) is 13.3. The molecule has 0 aliphatic heterocycles. The first-order valence-corrected chi connectivity index (χ1v) is 7.53. The van der Waals surface area contributed by atoms with Crippen molar-refractivity contribution in [1.82, 2.24) is 0 Å². The Morgan fingerprint density at radius 2 is 1.46 bits per heavy atom. The van der Waals surface area contributed by atoms with Crippen LogP contribution in [0.1, 0.15) is 31.8 Å². The van der Waals surface area contributed by atoms with Gasteiger partial charge in [-0.1, -0.05) is 36.4 Å². The Kier molecular flexibility index (Phi) is 3.13. The van der Waals surface area contributed by atoms with Crippen LogP contribution in [0.3, 0.4) is 0 Å². The van der Waals surface area contributed by atoms with Crippen LogP contribution in [-0.4, -0.2) is 25.8 Å². The Morgan fingerprint density at radius 3 is 2.21 bits per heavy atom. The molecule has 0 atom stereocenters. The molecule has 0 bridgehead atoms. The topological polar surface area (TPSA) is 52.6 Å². The van der Waals surface area contributed by atoms with E-state index in [4.69, 9.17) is 9.47 Å². The second-order valence-electron chi connectivity index (χ2n) is 5.59. The summed E-state index contributed by atoms with van der Waals surface area (Å²) in [5.74, 6) is 0.382. The maximum atomic E-state index is 13.2. The van der Waals surface area contributed by atoms with E-state index in [1.165, 1.54) is 14.2 Å². The van der Waals surface area contributed by atoms with Gasteiger partial charge in [0, 0.05) is 11.1 Å². The van der Waals surface area contributed by atoms with E-state index in [0.29, 0.717) is 33.8 Å². The summed E-state index contributed by atoms with van der Waals surface area (Å²) in [6.45, 7) is 0. The number of methoxy groups -OCH3 is 2. The van der Waals surface area contributed by atoms with Crippen molar-refractivity contribution in [3.8, 4) is 11.5 Å². The third-order valence-electron chi connectivity index (χ3n) is 4.40. The minimum absolute atomic E-state index is 0.216. The van der Waals surface area contributed by atoms with Crippen LogP contribution in [0.4, 0.5) is 0 Å². The van der Waals surface area contributed by atoms with Crippen LogP contribution in [0.5, 0.6) is 11.5 Å². The van der Waals surface area contributed by atoms with Crippen LogP contribution in [-0.2, 0) is 0 Å². The summed E-state index contributed by atoms with van der Waals surface area (Å²) in [5.41, 5.74) is 1.37. The SMILES string of the molecule is COc1cccc2c1C(=O)c1c(c(OC)cc3ccccc13)C2=O. The lowest BCUT2D eigenvalue weighted by Crippen LogP contribution is -2.23. The average molecular weight is 318 g/mol. The molecule has 0 saturated carbocycles. The molecule has 0 heterocycles. The van der Waals surface area contributed by atoms with Gasteiger partial charge in [-0.15, -0.1) is 0 Å². The van der Waals surface area contributed by atoms with Crippen LogP contribution < -0.4 is 9.47 Å². The second kappa shape index (κ2) is 5.20. The highest BCUT2D eigenvalue weighted by atomic mass is 16.5. The molecule has 0 radical (unpaired) electrons. The van der Waals surface area contributed by atoms with Crippen LogP contribution in [0.15, 0.2) is 48.5 Å². The molecule has 118 valence electrons. The van der Waals surface area contributed by atoms with Crippen molar-refractivity contribution in [3.05, 3.63) is 70.8 Å². The van der Waals surface area contributed by atoms with Crippen LogP contribution in [0, 0.1) is 0 Å². The van der Waals surface area contributed by atoms with Crippen molar-refractivity contribution < 1.29 is 19.1 Å². The third kappa shape index (κ3) is 1.80. The van der Waals surface area contributed by atoms with Gasteiger partial charge in [0.1, 0.15) is 11.5 Å². The van der Waals surface area contributed by atoms with Gasteiger partial charge in [0.15, 0.2) is 11.6 Å². The largest absolute Gasteiger partial charge is 0.496 e. The van der Waals surface area contributed by atoms with Gasteiger partial charge in [0.25, 0.3) is 0 Å². The molecular formula is C20H14O4. The third-order valence-corrected chi connectivity index (χ3v) is 4.40. The van der Waals surface area contributed by atoms with Gasteiger partial charge in [-0.25, -0.2) is 0 Å². The number of carbonyl (C=O) groups excluding carboxylic acids is 2. The van der Waals surface area contributed by atoms with Crippen molar-refractivity contribution >= 4 is 22.3 Å². The maximum Gasteiger partial charge on any atom is 0.199 e. The summed E-state index contributed by atoms with van der Waals surface area (Å²) in [6, 6.07) is 14.3. The molecule has 3 aromatic rings. The summed E-state index contributed by atoms with van der Waals surface area (Å²) in [6.07, 6.45) is 0. The van der Waals surface area contributed by atoms with E-state index in [9.17, 15) is 9.59 Å². The number of fused-ring (bicyclic) bond motifs is 4. The second-order valence-corrected chi connectivity index (χ2v) is 5.59. The van der Waals surface area contributed by atoms with E-state index in [0.717, 1.165) is 10.8 Å². The number of ether oxygens (including phenoxy) is 2. The lowest BCUT2D eigenvalue weighted by atomic mass is 9.80. The van der Waals surface area contributed by atoms with E-state index >= 15 is 0 Å². The lowest BCUT2D eigenvalue weighted by molar-refractivity contribution is 0.0975. The van der Waals surface area contributed by atoms with E-state index in [1.54, 1.807) is 24.3 Å². The van der Waals surface area contributed by atoms with Gasteiger partial charge < -0.3 is 9.47 Å².